The molecule has 2 atom stereocenters. The van der Waals surface area contributed by atoms with Crippen molar-refractivity contribution in [1.82, 2.24) is 0 Å². The molecular weight excluding hydrogens is 344 g/mol. The molecule has 2 unspecified atom stereocenters. The maximum absolute atomic E-state index is 13.7. The molecule has 1 amide bonds. The zero-order valence-electron chi connectivity index (χ0n) is 12.2. The number of para-hydroxylation sites is 1. The lowest BCUT2D eigenvalue weighted by Crippen LogP contribution is -2.30. The van der Waals surface area contributed by atoms with E-state index in [4.69, 9.17) is 11.6 Å². The highest BCUT2D eigenvalue weighted by Crippen LogP contribution is 2.22. The zero-order valence-corrected chi connectivity index (χ0v) is 13.8. The smallest absolute Gasteiger partial charge is 0.239 e. The average molecular weight is 358 g/mol. The molecular formula is C16H14ClF2NO2S. The third-order valence-corrected chi connectivity index (χ3v) is 5.17. The number of carbonyl (C=O) groups excluding carboxylic acids is 1. The van der Waals surface area contributed by atoms with E-state index in [0.717, 1.165) is 0 Å². The van der Waals surface area contributed by atoms with Crippen molar-refractivity contribution >= 4 is 34.0 Å². The predicted octanol–water partition coefficient (Wildman–Crippen LogP) is 3.89. The van der Waals surface area contributed by atoms with Crippen LogP contribution in [-0.4, -0.2) is 15.4 Å². The van der Waals surface area contributed by atoms with Crippen molar-refractivity contribution in [3.05, 3.63) is 64.7 Å². The second-order valence-corrected chi connectivity index (χ2v) is 7.00. The van der Waals surface area contributed by atoms with Gasteiger partial charge in [-0.1, -0.05) is 29.8 Å². The minimum Gasteiger partial charge on any atom is -0.323 e. The summed E-state index contributed by atoms with van der Waals surface area (Å²) in [6, 6.07) is 9.81. The Bertz CT molecular complexity index is 734. The Hall–Kier alpha value is -1.79. The average Bonchev–Trinajstić information content (AvgIpc) is 2.52. The molecule has 0 radical (unpaired) electrons. The fraction of sp³-hybridized carbons (Fsp3) is 0.188. The van der Waals surface area contributed by atoms with Crippen LogP contribution < -0.4 is 5.32 Å². The van der Waals surface area contributed by atoms with Crippen molar-refractivity contribution in [1.29, 1.82) is 0 Å². The van der Waals surface area contributed by atoms with Gasteiger partial charge in [-0.3, -0.25) is 9.00 Å². The largest absolute Gasteiger partial charge is 0.323 e. The van der Waals surface area contributed by atoms with Crippen LogP contribution in [0.25, 0.3) is 0 Å². The van der Waals surface area contributed by atoms with Crippen molar-refractivity contribution in [3.8, 4) is 0 Å². The summed E-state index contributed by atoms with van der Waals surface area (Å²) < 4.78 is 39.5. The van der Waals surface area contributed by atoms with Crippen LogP contribution in [0.4, 0.5) is 14.5 Å². The summed E-state index contributed by atoms with van der Waals surface area (Å²) in [5.41, 5.74) is 0.100. The van der Waals surface area contributed by atoms with Gasteiger partial charge >= 0.3 is 0 Å². The lowest BCUT2D eigenvalue weighted by Gasteiger charge is -2.13. The topological polar surface area (TPSA) is 46.2 Å². The minimum atomic E-state index is -1.71. The van der Waals surface area contributed by atoms with Crippen LogP contribution in [0.15, 0.2) is 42.5 Å². The Labute approximate surface area is 140 Å². The Kier molecular flexibility index (Phi) is 5.85. The van der Waals surface area contributed by atoms with Crippen LogP contribution in [0.1, 0.15) is 12.5 Å². The van der Waals surface area contributed by atoms with Gasteiger partial charge in [-0.05, 0) is 31.2 Å². The zero-order chi connectivity index (χ0) is 17.0. The van der Waals surface area contributed by atoms with Crippen LogP contribution in [0.5, 0.6) is 0 Å². The Morgan fingerprint density at radius 2 is 1.83 bits per heavy atom. The number of amides is 1. The molecule has 3 nitrogen and oxygen atoms in total. The summed E-state index contributed by atoms with van der Waals surface area (Å²) >= 11 is 5.88. The van der Waals surface area contributed by atoms with Gasteiger partial charge in [-0.2, -0.15) is 0 Å². The summed E-state index contributed by atoms with van der Waals surface area (Å²) in [5.74, 6) is -1.97. The highest BCUT2D eigenvalue weighted by Gasteiger charge is 2.23. The number of hydrogen-bond donors (Lipinski definition) is 1. The molecule has 0 aliphatic carbocycles. The van der Waals surface area contributed by atoms with Crippen molar-refractivity contribution in [3.63, 3.8) is 0 Å². The molecule has 0 aromatic heterocycles. The Morgan fingerprint density at radius 1 is 1.17 bits per heavy atom. The molecule has 0 aliphatic heterocycles. The second kappa shape index (κ2) is 7.66. The lowest BCUT2D eigenvalue weighted by atomic mass is 10.2. The van der Waals surface area contributed by atoms with E-state index in [9.17, 15) is 17.8 Å². The molecule has 0 bridgehead atoms. The summed E-state index contributed by atoms with van der Waals surface area (Å²) in [6.07, 6.45) is 0. The molecule has 2 aromatic rings. The first-order valence-electron chi connectivity index (χ1n) is 6.75. The van der Waals surface area contributed by atoms with Gasteiger partial charge in [0.15, 0.2) is 0 Å². The number of halogens is 3. The van der Waals surface area contributed by atoms with E-state index in [1.165, 1.54) is 43.3 Å². The van der Waals surface area contributed by atoms with Crippen LogP contribution >= 0.6 is 11.6 Å². The van der Waals surface area contributed by atoms with Gasteiger partial charge in [-0.25, -0.2) is 8.78 Å². The van der Waals surface area contributed by atoms with Crippen molar-refractivity contribution < 1.29 is 17.8 Å². The molecule has 23 heavy (non-hydrogen) atoms. The van der Waals surface area contributed by atoms with Gasteiger partial charge < -0.3 is 5.32 Å². The molecule has 0 aliphatic rings. The fourth-order valence-corrected chi connectivity index (χ4v) is 3.29. The van der Waals surface area contributed by atoms with Gasteiger partial charge in [0, 0.05) is 21.4 Å². The van der Waals surface area contributed by atoms with E-state index in [2.05, 4.69) is 5.32 Å². The molecule has 0 spiro atoms. The van der Waals surface area contributed by atoms with E-state index in [0.29, 0.717) is 0 Å². The van der Waals surface area contributed by atoms with Gasteiger partial charge in [0.1, 0.15) is 16.9 Å². The monoisotopic (exact) mass is 357 g/mol. The molecule has 122 valence electrons. The van der Waals surface area contributed by atoms with Crippen molar-refractivity contribution in [2.75, 3.05) is 5.32 Å². The fourth-order valence-electron chi connectivity index (χ4n) is 1.85. The van der Waals surface area contributed by atoms with Gasteiger partial charge in [0.2, 0.25) is 5.91 Å². The normalized spacial score (nSPS) is 13.4. The minimum absolute atomic E-state index is 0.00488. The quantitative estimate of drug-likeness (QED) is 0.882. The maximum Gasteiger partial charge on any atom is 0.239 e. The van der Waals surface area contributed by atoms with Crippen molar-refractivity contribution in [2.45, 2.75) is 17.9 Å². The van der Waals surface area contributed by atoms with E-state index in [1.807, 2.05) is 0 Å². The van der Waals surface area contributed by atoms with Crippen molar-refractivity contribution in [2.24, 2.45) is 0 Å². The summed E-state index contributed by atoms with van der Waals surface area (Å²) in [4.78, 5) is 12.1. The third-order valence-electron chi connectivity index (χ3n) is 3.24. The molecule has 0 saturated carbocycles. The molecule has 0 saturated heterocycles. The number of nitrogens with one attached hydrogen (secondary N) is 1. The first kappa shape index (κ1) is 17.6. The van der Waals surface area contributed by atoms with E-state index in [1.54, 1.807) is 6.07 Å². The number of benzene rings is 2. The molecule has 1 N–H and O–H groups in total. The Morgan fingerprint density at radius 3 is 2.48 bits per heavy atom. The maximum atomic E-state index is 13.7. The van der Waals surface area contributed by atoms with E-state index < -0.39 is 33.6 Å². The number of carbonyl (C=O) groups is 1. The predicted molar refractivity (Wildman–Crippen MR) is 87.7 cm³/mol. The first-order chi connectivity index (χ1) is 10.9. The SMILES string of the molecule is CC(C(=O)Nc1ccccc1F)S(=O)Cc1c(F)cccc1Cl. The van der Waals surface area contributed by atoms with Crippen LogP contribution in [0.3, 0.4) is 0 Å². The van der Waals surface area contributed by atoms with E-state index >= 15 is 0 Å². The highest BCUT2D eigenvalue weighted by molar-refractivity contribution is 7.85. The third kappa shape index (κ3) is 4.36. The second-order valence-electron chi connectivity index (χ2n) is 4.84. The van der Waals surface area contributed by atoms with Crippen LogP contribution in [0, 0.1) is 11.6 Å². The van der Waals surface area contributed by atoms with Gasteiger partial charge in [0.05, 0.1) is 11.4 Å². The molecule has 7 heteroatoms. The summed E-state index contributed by atoms with van der Waals surface area (Å²) in [7, 11) is -1.71. The Balaban J connectivity index is 2.07. The number of anilines is 1. The number of rotatable bonds is 5. The number of hydrogen-bond acceptors (Lipinski definition) is 2. The van der Waals surface area contributed by atoms with E-state index in [-0.39, 0.29) is 22.0 Å². The molecule has 2 rings (SSSR count). The summed E-state index contributed by atoms with van der Waals surface area (Å²) in [6.45, 7) is 1.43. The highest BCUT2D eigenvalue weighted by atomic mass is 35.5. The lowest BCUT2D eigenvalue weighted by molar-refractivity contribution is -0.115. The van der Waals surface area contributed by atoms with Crippen LogP contribution in [-0.2, 0) is 21.3 Å². The molecule has 2 aromatic carbocycles. The molecule has 0 fully saturated rings. The van der Waals surface area contributed by atoms with Gasteiger partial charge in [0.25, 0.3) is 0 Å². The molecule has 0 heterocycles. The van der Waals surface area contributed by atoms with Crippen LogP contribution in [0.2, 0.25) is 5.02 Å². The standard InChI is InChI=1S/C16H14ClF2NO2S/c1-10(16(21)20-15-8-3-2-6-14(15)19)23(22)9-11-12(17)5-4-7-13(11)18/h2-8,10H,9H2,1H3,(H,20,21). The summed E-state index contributed by atoms with van der Waals surface area (Å²) in [5, 5.41) is 1.57. The van der Waals surface area contributed by atoms with Gasteiger partial charge in [-0.15, -0.1) is 0 Å². The first-order valence-corrected chi connectivity index (χ1v) is 8.51.